The highest BCUT2D eigenvalue weighted by Crippen LogP contribution is 2.14. The van der Waals surface area contributed by atoms with Crippen molar-refractivity contribution in [2.75, 3.05) is 13.6 Å². The minimum absolute atomic E-state index is 0. The maximum atomic E-state index is 11.9. The second kappa shape index (κ2) is 8.50. The number of likely N-dealkylation sites (N-methyl/N-ethyl adjacent to an activating group) is 1. The van der Waals surface area contributed by atoms with E-state index >= 15 is 0 Å². The second-order valence-electron chi connectivity index (χ2n) is 4.52. The molecule has 1 rings (SSSR count). The molecule has 0 aliphatic carbocycles. The van der Waals surface area contributed by atoms with Crippen LogP contribution in [0.25, 0.3) is 0 Å². The third kappa shape index (κ3) is 5.14. The third-order valence-corrected chi connectivity index (χ3v) is 3.14. The summed E-state index contributed by atoms with van der Waals surface area (Å²) < 4.78 is 0. The van der Waals surface area contributed by atoms with Crippen molar-refractivity contribution < 1.29 is 9.72 Å². The number of carbonyl (C=O) groups excluding carboxylic acids is 1. The van der Waals surface area contributed by atoms with Gasteiger partial charge < -0.3 is 10.6 Å². The number of rotatable bonds is 6. The Morgan fingerprint density at radius 2 is 2.15 bits per heavy atom. The van der Waals surface area contributed by atoms with Gasteiger partial charge in [-0.3, -0.25) is 14.9 Å². The molecule has 0 saturated carbocycles. The van der Waals surface area contributed by atoms with E-state index in [-0.39, 0.29) is 30.0 Å². The number of non-ortho nitro benzene ring substituents is 1. The number of nitrogens with two attached hydrogens (primary N) is 1. The predicted octanol–water partition coefficient (Wildman–Crippen LogP) is 1.75. The number of hydrogen-bond donors (Lipinski definition) is 1. The summed E-state index contributed by atoms with van der Waals surface area (Å²) >= 11 is 0. The molecule has 1 aromatic rings. The maximum Gasteiger partial charge on any atom is 0.269 e. The number of nitro groups is 1. The van der Waals surface area contributed by atoms with E-state index < -0.39 is 4.92 Å². The normalized spacial score (nSPS) is 11.3. The van der Waals surface area contributed by atoms with E-state index in [1.807, 2.05) is 6.92 Å². The fourth-order valence-electron chi connectivity index (χ4n) is 1.66. The quantitative estimate of drug-likeness (QED) is 0.640. The largest absolute Gasteiger partial charge is 0.342 e. The summed E-state index contributed by atoms with van der Waals surface area (Å²) in [6, 6.07) is 6.35. The van der Waals surface area contributed by atoms with Crippen LogP contribution in [-0.4, -0.2) is 35.4 Å². The molecule has 0 aliphatic rings. The van der Waals surface area contributed by atoms with Gasteiger partial charge >= 0.3 is 0 Å². The first-order valence-electron chi connectivity index (χ1n) is 6.14. The Labute approximate surface area is 124 Å². The molecule has 0 heterocycles. The Morgan fingerprint density at radius 1 is 1.50 bits per heavy atom. The Hall–Kier alpha value is -1.66. The van der Waals surface area contributed by atoms with Crippen molar-refractivity contribution in [3.8, 4) is 0 Å². The van der Waals surface area contributed by atoms with Crippen LogP contribution in [0.5, 0.6) is 0 Å². The minimum Gasteiger partial charge on any atom is -0.342 e. The number of hydrogen-bond acceptors (Lipinski definition) is 4. The number of amides is 1. The van der Waals surface area contributed by atoms with Crippen LogP contribution >= 0.6 is 12.4 Å². The molecule has 0 aliphatic heterocycles. The molecule has 0 aromatic heterocycles. The summed E-state index contributed by atoms with van der Waals surface area (Å²) in [5, 5.41) is 10.6. The molecular weight excluding hydrogens is 282 g/mol. The summed E-state index contributed by atoms with van der Waals surface area (Å²) in [5.74, 6) is -0.00976. The van der Waals surface area contributed by atoms with E-state index in [1.165, 1.54) is 12.1 Å². The lowest BCUT2D eigenvalue weighted by atomic mass is 10.1. The highest BCUT2D eigenvalue weighted by molar-refractivity contribution is 5.85. The van der Waals surface area contributed by atoms with Crippen LogP contribution in [-0.2, 0) is 11.2 Å². The van der Waals surface area contributed by atoms with Crippen LogP contribution < -0.4 is 5.73 Å². The predicted molar refractivity (Wildman–Crippen MR) is 80.0 cm³/mol. The van der Waals surface area contributed by atoms with Crippen LogP contribution in [0, 0.1) is 10.1 Å². The third-order valence-electron chi connectivity index (χ3n) is 3.14. The van der Waals surface area contributed by atoms with Crippen molar-refractivity contribution in [1.29, 1.82) is 0 Å². The average molecular weight is 302 g/mol. The molecule has 1 amide bonds. The van der Waals surface area contributed by atoms with Crippen LogP contribution in [0.2, 0.25) is 0 Å². The zero-order valence-electron chi connectivity index (χ0n) is 11.6. The van der Waals surface area contributed by atoms with Gasteiger partial charge in [0.25, 0.3) is 5.69 Å². The highest BCUT2D eigenvalue weighted by atomic mass is 35.5. The molecule has 0 saturated heterocycles. The number of aryl methyl sites for hydroxylation is 1. The maximum absolute atomic E-state index is 11.9. The number of nitro benzene ring substituents is 1. The van der Waals surface area contributed by atoms with Gasteiger partial charge in [-0.15, -0.1) is 12.4 Å². The molecule has 7 heteroatoms. The van der Waals surface area contributed by atoms with Crippen molar-refractivity contribution in [3.63, 3.8) is 0 Å². The lowest BCUT2D eigenvalue weighted by Crippen LogP contribution is -2.39. The van der Waals surface area contributed by atoms with E-state index in [9.17, 15) is 14.9 Å². The van der Waals surface area contributed by atoms with Crippen LogP contribution in [0.3, 0.4) is 0 Å². The topological polar surface area (TPSA) is 89.5 Å². The van der Waals surface area contributed by atoms with E-state index in [4.69, 9.17) is 5.73 Å². The Morgan fingerprint density at radius 3 is 2.70 bits per heavy atom. The van der Waals surface area contributed by atoms with Gasteiger partial charge in [0.1, 0.15) is 0 Å². The zero-order chi connectivity index (χ0) is 14.4. The van der Waals surface area contributed by atoms with Gasteiger partial charge in [-0.05, 0) is 18.9 Å². The molecule has 2 N–H and O–H groups in total. The SMILES string of the molecule is CC(CN)N(C)C(=O)CCc1cccc([N+](=O)[O-])c1.Cl. The standard InChI is InChI=1S/C13H19N3O3.ClH/c1-10(9-14)15(2)13(17)7-6-11-4-3-5-12(8-11)16(18)19;/h3-5,8,10H,6-7,9,14H2,1-2H3;1H. The first kappa shape index (κ1) is 18.3. The molecule has 6 nitrogen and oxygen atoms in total. The van der Waals surface area contributed by atoms with Gasteiger partial charge in [0.05, 0.1) is 4.92 Å². The molecule has 0 radical (unpaired) electrons. The monoisotopic (exact) mass is 301 g/mol. The van der Waals surface area contributed by atoms with E-state index in [0.717, 1.165) is 5.56 Å². The number of benzene rings is 1. The Balaban J connectivity index is 0.00000361. The summed E-state index contributed by atoms with van der Waals surface area (Å²) in [7, 11) is 1.72. The van der Waals surface area contributed by atoms with E-state index in [2.05, 4.69) is 0 Å². The van der Waals surface area contributed by atoms with Gasteiger partial charge in [-0.2, -0.15) is 0 Å². The van der Waals surface area contributed by atoms with Crippen LogP contribution in [0.15, 0.2) is 24.3 Å². The summed E-state index contributed by atoms with van der Waals surface area (Å²) in [5.41, 5.74) is 6.34. The molecule has 1 aromatic carbocycles. The van der Waals surface area contributed by atoms with Crippen molar-refractivity contribution in [2.24, 2.45) is 5.73 Å². The molecule has 1 unspecified atom stereocenters. The number of halogens is 1. The van der Waals surface area contributed by atoms with E-state index in [0.29, 0.717) is 19.4 Å². The van der Waals surface area contributed by atoms with Gasteiger partial charge in [0.15, 0.2) is 0 Å². The average Bonchev–Trinajstić information content (AvgIpc) is 2.43. The fourth-order valence-corrected chi connectivity index (χ4v) is 1.66. The van der Waals surface area contributed by atoms with Crippen molar-refractivity contribution in [2.45, 2.75) is 25.8 Å². The van der Waals surface area contributed by atoms with Crippen LogP contribution in [0.4, 0.5) is 5.69 Å². The molecule has 0 fully saturated rings. The molecule has 0 spiro atoms. The van der Waals surface area contributed by atoms with E-state index in [1.54, 1.807) is 24.1 Å². The highest BCUT2D eigenvalue weighted by Gasteiger charge is 2.14. The van der Waals surface area contributed by atoms with Gasteiger partial charge in [-0.1, -0.05) is 12.1 Å². The lowest BCUT2D eigenvalue weighted by molar-refractivity contribution is -0.384. The molecule has 20 heavy (non-hydrogen) atoms. The van der Waals surface area contributed by atoms with Crippen molar-refractivity contribution in [3.05, 3.63) is 39.9 Å². The summed E-state index contributed by atoms with van der Waals surface area (Å²) in [6.07, 6.45) is 0.810. The van der Waals surface area contributed by atoms with Crippen molar-refractivity contribution >= 4 is 24.0 Å². The minimum atomic E-state index is -0.437. The van der Waals surface area contributed by atoms with Gasteiger partial charge in [0.2, 0.25) is 5.91 Å². The van der Waals surface area contributed by atoms with Gasteiger partial charge in [-0.25, -0.2) is 0 Å². The summed E-state index contributed by atoms with van der Waals surface area (Å²) in [6.45, 7) is 2.30. The second-order valence-corrected chi connectivity index (χ2v) is 4.52. The zero-order valence-corrected chi connectivity index (χ0v) is 12.4. The molecular formula is C13H20ClN3O3. The first-order chi connectivity index (χ1) is 8.95. The number of carbonyl (C=O) groups is 1. The fraction of sp³-hybridized carbons (Fsp3) is 0.462. The first-order valence-corrected chi connectivity index (χ1v) is 6.14. The molecule has 0 bridgehead atoms. The van der Waals surface area contributed by atoms with Gasteiger partial charge in [0, 0.05) is 38.2 Å². The van der Waals surface area contributed by atoms with Crippen LogP contribution in [0.1, 0.15) is 18.9 Å². The lowest BCUT2D eigenvalue weighted by Gasteiger charge is -2.23. The molecule has 1 atom stereocenters. The Kier molecular flexibility index (Phi) is 7.79. The van der Waals surface area contributed by atoms with Crippen molar-refractivity contribution in [1.82, 2.24) is 4.90 Å². The Bertz CT molecular complexity index is 468. The molecule has 112 valence electrons. The smallest absolute Gasteiger partial charge is 0.269 e. The number of nitrogens with zero attached hydrogens (tertiary/aromatic N) is 2. The summed E-state index contributed by atoms with van der Waals surface area (Å²) in [4.78, 5) is 23.7.